The van der Waals surface area contributed by atoms with E-state index in [0.717, 1.165) is 31.6 Å². The van der Waals surface area contributed by atoms with Gasteiger partial charge in [0, 0.05) is 24.2 Å². The Balaban J connectivity index is 1.37. The minimum atomic E-state index is -4.35. The Morgan fingerprint density at radius 1 is 1.11 bits per heavy atom. The molecule has 0 aromatic heterocycles. The van der Waals surface area contributed by atoms with Crippen LogP contribution in [0.15, 0.2) is 51.8 Å². The molecule has 10 nitrogen and oxygen atoms in total. The average Bonchev–Trinajstić information content (AvgIpc) is 3.45. The molecule has 2 saturated carbocycles. The lowest BCUT2D eigenvalue weighted by molar-refractivity contribution is -0.153. The second-order valence-electron chi connectivity index (χ2n) is 10.4. The zero-order valence-corrected chi connectivity index (χ0v) is 21.9. The second kappa shape index (κ2) is 8.60. The summed E-state index contributed by atoms with van der Waals surface area (Å²) in [6.45, 7) is 0.171. The molecule has 4 aliphatic rings. The molecular weight excluding hydrogens is 535 g/mol. The number of likely N-dealkylation sites (tertiary alicyclic amines) is 1. The number of sulfonamides is 2. The SMILES string of the molecule is CS(=O)(=O)Nc1ccc2c(c1)S(=O)(=O)N=C(C1C(=O)[C@H]3C4CCC(C4)[C@H]3N(Cc3ccc(F)cc3)C1=O)N2. The summed E-state index contributed by atoms with van der Waals surface area (Å²) in [5.74, 6) is -3.08. The lowest BCUT2D eigenvalue weighted by Gasteiger charge is -2.45. The Labute approximate surface area is 219 Å². The van der Waals surface area contributed by atoms with E-state index in [2.05, 4.69) is 14.4 Å². The van der Waals surface area contributed by atoms with Crippen LogP contribution in [0.25, 0.3) is 0 Å². The van der Waals surface area contributed by atoms with Crippen molar-refractivity contribution >= 4 is 48.9 Å². The second-order valence-corrected chi connectivity index (χ2v) is 13.8. The summed E-state index contributed by atoms with van der Waals surface area (Å²) in [4.78, 5) is 29.1. The molecule has 2 bridgehead atoms. The van der Waals surface area contributed by atoms with E-state index < -0.39 is 43.6 Å². The molecule has 2 aromatic rings. The molecule has 2 aliphatic heterocycles. The molecule has 3 unspecified atom stereocenters. The van der Waals surface area contributed by atoms with Gasteiger partial charge in [-0.15, -0.1) is 4.40 Å². The van der Waals surface area contributed by atoms with Crippen molar-refractivity contribution in [2.75, 3.05) is 16.3 Å². The Bertz CT molecular complexity index is 1610. The summed E-state index contributed by atoms with van der Waals surface area (Å²) < 4.78 is 69.0. The van der Waals surface area contributed by atoms with E-state index in [1.54, 1.807) is 17.0 Å². The van der Waals surface area contributed by atoms with Crippen molar-refractivity contribution in [2.45, 2.75) is 36.7 Å². The predicted molar refractivity (Wildman–Crippen MR) is 137 cm³/mol. The first-order valence-corrected chi connectivity index (χ1v) is 15.6. The van der Waals surface area contributed by atoms with Crippen LogP contribution >= 0.6 is 0 Å². The summed E-state index contributed by atoms with van der Waals surface area (Å²) in [6, 6.07) is 9.41. The molecule has 1 saturated heterocycles. The van der Waals surface area contributed by atoms with Gasteiger partial charge in [0.1, 0.15) is 16.5 Å². The highest BCUT2D eigenvalue weighted by atomic mass is 32.2. The van der Waals surface area contributed by atoms with Gasteiger partial charge in [-0.2, -0.15) is 8.42 Å². The van der Waals surface area contributed by atoms with Gasteiger partial charge < -0.3 is 10.2 Å². The number of Topliss-reactive ketones (excluding diaryl/α,β-unsaturated/α-hetero) is 1. The third-order valence-corrected chi connectivity index (χ3v) is 9.90. The van der Waals surface area contributed by atoms with Crippen molar-refractivity contribution in [1.82, 2.24) is 4.90 Å². The molecule has 2 aromatic carbocycles. The molecule has 38 heavy (non-hydrogen) atoms. The molecule has 1 amide bonds. The van der Waals surface area contributed by atoms with Crippen molar-refractivity contribution in [3.8, 4) is 0 Å². The van der Waals surface area contributed by atoms with Gasteiger partial charge in [0.05, 0.1) is 11.9 Å². The molecule has 2 N–H and O–H groups in total. The fraction of sp³-hybridized carbons (Fsp3) is 0.400. The number of nitrogens with zero attached hydrogens (tertiary/aromatic N) is 2. The summed E-state index contributed by atoms with van der Waals surface area (Å²) >= 11 is 0. The van der Waals surface area contributed by atoms with E-state index in [4.69, 9.17) is 0 Å². The highest BCUT2D eigenvalue weighted by Gasteiger charge is 2.60. The molecule has 0 spiro atoms. The van der Waals surface area contributed by atoms with E-state index in [1.807, 2.05) is 0 Å². The molecule has 2 heterocycles. The van der Waals surface area contributed by atoms with Gasteiger partial charge in [-0.3, -0.25) is 14.3 Å². The van der Waals surface area contributed by atoms with E-state index in [-0.39, 0.29) is 52.3 Å². The summed E-state index contributed by atoms with van der Waals surface area (Å²) in [7, 11) is -8.00. The van der Waals surface area contributed by atoms with E-state index >= 15 is 0 Å². The van der Waals surface area contributed by atoms with Gasteiger partial charge in [0.2, 0.25) is 15.9 Å². The number of amidine groups is 1. The number of fused-ring (bicyclic) bond motifs is 6. The standard InChI is InChI=1S/C25H25FN4O6S2/c1-37(33,34)28-17-8-9-18-19(11-17)38(35,36)29-24(27-18)21-23(31)20-14-4-5-15(10-14)22(20)30(25(21)32)12-13-2-6-16(26)7-3-13/h2-3,6-9,11,14-15,20-22,28H,4-5,10,12H2,1H3,(H,27,29)/t14?,15?,20-,21?,22+/m0/s1. The van der Waals surface area contributed by atoms with E-state index in [9.17, 15) is 30.8 Å². The number of benzene rings is 2. The maximum atomic E-state index is 13.9. The van der Waals surface area contributed by atoms with Crippen molar-refractivity contribution in [3.63, 3.8) is 0 Å². The molecule has 13 heteroatoms. The number of halogens is 1. The van der Waals surface area contributed by atoms with Crippen LogP contribution in [0, 0.1) is 29.5 Å². The zero-order chi connectivity index (χ0) is 27.0. The molecule has 200 valence electrons. The van der Waals surface area contributed by atoms with Crippen LogP contribution in [0.3, 0.4) is 0 Å². The van der Waals surface area contributed by atoms with Gasteiger partial charge in [-0.1, -0.05) is 12.1 Å². The fourth-order valence-electron chi connectivity index (χ4n) is 6.54. The van der Waals surface area contributed by atoms with Crippen LogP contribution in [0.2, 0.25) is 0 Å². The van der Waals surface area contributed by atoms with Crippen LogP contribution in [-0.2, 0) is 36.2 Å². The lowest BCUT2D eigenvalue weighted by atomic mass is 9.73. The number of carbonyl (C=O) groups is 2. The number of hydrogen-bond donors (Lipinski definition) is 2. The molecular formula is C25H25FN4O6S2. The van der Waals surface area contributed by atoms with Crippen LogP contribution in [0.5, 0.6) is 0 Å². The number of rotatable bonds is 5. The maximum Gasteiger partial charge on any atom is 0.286 e. The third-order valence-electron chi connectivity index (χ3n) is 7.96. The molecule has 6 rings (SSSR count). The van der Waals surface area contributed by atoms with Crippen molar-refractivity contribution in [2.24, 2.45) is 28.1 Å². The zero-order valence-electron chi connectivity index (χ0n) is 20.3. The van der Waals surface area contributed by atoms with Crippen LogP contribution in [0.4, 0.5) is 15.8 Å². The largest absolute Gasteiger partial charge is 0.341 e. The van der Waals surface area contributed by atoms with E-state index in [1.165, 1.54) is 24.3 Å². The predicted octanol–water partition coefficient (Wildman–Crippen LogP) is 2.35. The number of hydrogen-bond acceptors (Lipinski definition) is 7. The van der Waals surface area contributed by atoms with Crippen molar-refractivity contribution in [3.05, 3.63) is 53.8 Å². The van der Waals surface area contributed by atoms with Gasteiger partial charge in [-0.05, 0) is 67.0 Å². The topological polar surface area (TPSA) is 142 Å². The van der Waals surface area contributed by atoms with Crippen molar-refractivity contribution < 1.29 is 30.8 Å². The molecule has 0 radical (unpaired) electrons. The number of amides is 1. The quantitative estimate of drug-likeness (QED) is 0.535. The molecule has 2 aliphatic carbocycles. The Morgan fingerprint density at radius 3 is 2.53 bits per heavy atom. The normalized spacial score (nSPS) is 29.4. The van der Waals surface area contributed by atoms with Crippen LogP contribution in [-0.4, -0.2) is 51.6 Å². The first-order chi connectivity index (χ1) is 17.9. The fourth-order valence-corrected chi connectivity index (χ4v) is 8.28. The lowest BCUT2D eigenvalue weighted by Crippen LogP contribution is -2.61. The Hall–Kier alpha value is -3.32. The minimum absolute atomic E-state index is 0.0374. The Kier molecular flexibility index (Phi) is 5.65. The van der Waals surface area contributed by atoms with Crippen LogP contribution < -0.4 is 10.0 Å². The first-order valence-electron chi connectivity index (χ1n) is 12.2. The minimum Gasteiger partial charge on any atom is -0.341 e. The number of piperidine rings is 1. The average molecular weight is 561 g/mol. The summed E-state index contributed by atoms with van der Waals surface area (Å²) in [5, 5.41) is 2.86. The third kappa shape index (κ3) is 4.17. The summed E-state index contributed by atoms with van der Waals surface area (Å²) in [6.07, 6.45) is 3.57. The molecule has 3 fully saturated rings. The molecule has 5 atom stereocenters. The smallest absolute Gasteiger partial charge is 0.286 e. The van der Waals surface area contributed by atoms with Crippen LogP contribution in [0.1, 0.15) is 24.8 Å². The van der Waals surface area contributed by atoms with Gasteiger partial charge in [-0.25, -0.2) is 12.8 Å². The highest BCUT2D eigenvalue weighted by molar-refractivity contribution is 7.92. The number of ketones is 1. The van der Waals surface area contributed by atoms with Crippen molar-refractivity contribution in [1.29, 1.82) is 0 Å². The number of carbonyl (C=O) groups excluding carboxylic acids is 2. The number of anilines is 2. The summed E-state index contributed by atoms with van der Waals surface area (Å²) in [5.41, 5.74) is 0.835. The van der Waals surface area contributed by atoms with Gasteiger partial charge in [0.15, 0.2) is 11.7 Å². The Morgan fingerprint density at radius 2 is 1.82 bits per heavy atom. The van der Waals surface area contributed by atoms with Gasteiger partial charge >= 0.3 is 0 Å². The van der Waals surface area contributed by atoms with E-state index in [0.29, 0.717) is 5.56 Å². The number of nitrogens with one attached hydrogen (secondary N) is 2. The maximum absolute atomic E-state index is 13.9. The monoisotopic (exact) mass is 560 g/mol. The van der Waals surface area contributed by atoms with Gasteiger partial charge in [0.25, 0.3) is 10.0 Å². The first kappa shape index (κ1) is 25.0. The highest BCUT2D eigenvalue weighted by Crippen LogP contribution is 2.54.